The molecule has 7 nitrogen and oxygen atoms in total. The second-order valence-electron chi connectivity index (χ2n) is 6.37. The molecule has 2 aromatic rings. The molecular weight excluding hydrogens is 378 g/mol. The van der Waals surface area contributed by atoms with E-state index >= 15 is 0 Å². The first kappa shape index (κ1) is 18.9. The number of hydrogen-bond donors (Lipinski definition) is 1. The number of halogens is 1. The standard InChI is InChI=1S/C17H20ClN3O4S/c1-20(10-16(22)23)11-3-2-7-21(8-6-11)17(24)12-9-13(25-19-12)14-4-5-15(18)26-14/h4-5,9,11H,2-3,6-8,10H2,1H3,(H,22,23). The summed E-state index contributed by atoms with van der Waals surface area (Å²) < 4.78 is 5.94. The third kappa shape index (κ3) is 4.44. The predicted molar refractivity (Wildman–Crippen MR) is 98.6 cm³/mol. The summed E-state index contributed by atoms with van der Waals surface area (Å²) in [4.78, 5) is 28.0. The molecule has 3 rings (SSSR count). The van der Waals surface area contributed by atoms with Gasteiger partial charge in [-0.3, -0.25) is 14.5 Å². The van der Waals surface area contributed by atoms with Crippen LogP contribution in [0.3, 0.4) is 0 Å². The molecular formula is C17H20ClN3O4S. The number of likely N-dealkylation sites (N-methyl/N-ethyl adjacent to an activating group) is 1. The maximum Gasteiger partial charge on any atom is 0.317 e. The molecule has 1 aliphatic rings. The van der Waals surface area contributed by atoms with Crippen molar-refractivity contribution in [3.05, 3.63) is 28.2 Å². The van der Waals surface area contributed by atoms with Gasteiger partial charge >= 0.3 is 5.97 Å². The van der Waals surface area contributed by atoms with E-state index in [1.165, 1.54) is 11.3 Å². The van der Waals surface area contributed by atoms with Gasteiger partial charge < -0.3 is 14.5 Å². The topological polar surface area (TPSA) is 86.9 Å². The second-order valence-corrected chi connectivity index (χ2v) is 8.08. The van der Waals surface area contributed by atoms with Crippen LogP contribution in [0.15, 0.2) is 22.7 Å². The lowest BCUT2D eigenvalue weighted by atomic mass is 10.1. The van der Waals surface area contributed by atoms with E-state index in [0.29, 0.717) is 23.2 Å². The number of nitrogens with zero attached hydrogens (tertiary/aromatic N) is 3. The zero-order valence-corrected chi connectivity index (χ0v) is 15.9. The van der Waals surface area contributed by atoms with Crippen LogP contribution in [0.5, 0.6) is 0 Å². The minimum atomic E-state index is -0.839. The van der Waals surface area contributed by atoms with Crippen LogP contribution in [0, 0.1) is 0 Å². The molecule has 0 aliphatic carbocycles. The lowest BCUT2D eigenvalue weighted by molar-refractivity contribution is -0.138. The first-order valence-electron chi connectivity index (χ1n) is 8.38. The number of rotatable bonds is 5. The maximum absolute atomic E-state index is 12.7. The van der Waals surface area contributed by atoms with Crippen LogP contribution in [0.2, 0.25) is 4.34 Å². The average Bonchev–Trinajstić information content (AvgIpc) is 3.16. The summed E-state index contributed by atoms with van der Waals surface area (Å²) in [5.74, 6) is -0.475. The molecule has 0 aromatic carbocycles. The summed E-state index contributed by atoms with van der Waals surface area (Å²) in [6.07, 6.45) is 2.43. The van der Waals surface area contributed by atoms with E-state index in [0.717, 1.165) is 24.1 Å². The molecule has 1 aliphatic heterocycles. The SMILES string of the molecule is CN(CC(=O)O)C1CCCN(C(=O)c2cc(-c3ccc(Cl)s3)on2)CC1. The van der Waals surface area contributed by atoms with Crippen LogP contribution in [0.25, 0.3) is 10.6 Å². The van der Waals surface area contributed by atoms with E-state index in [9.17, 15) is 9.59 Å². The molecule has 0 bridgehead atoms. The van der Waals surface area contributed by atoms with Crippen LogP contribution < -0.4 is 0 Å². The van der Waals surface area contributed by atoms with E-state index in [4.69, 9.17) is 21.2 Å². The Bertz CT molecular complexity index is 791. The third-order valence-corrected chi connectivity index (χ3v) is 5.78. The Morgan fingerprint density at radius 3 is 2.92 bits per heavy atom. The molecule has 0 radical (unpaired) electrons. The van der Waals surface area contributed by atoms with Crippen molar-refractivity contribution >= 4 is 34.8 Å². The predicted octanol–water partition coefficient (Wildman–Crippen LogP) is 3.07. The Hall–Kier alpha value is -1.90. The quantitative estimate of drug-likeness (QED) is 0.834. The van der Waals surface area contributed by atoms with Crippen molar-refractivity contribution in [1.82, 2.24) is 15.0 Å². The van der Waals surface area contributed by atoms with Gasteiger partial charge in [0.25, 0.3) is 5.91 Å². The number of carboxylic acids is 1. The van der Waals surface area contributed by atoms with E-state index < -0.39 is 5.97 Å². The molecule has 1 saturated heterocycles. The smallest absolute Gasteiger partial charge is 0.317 e. The number of amides is 1. The van der Waals surface area contributed by atoms with Gasteiger partial charge in [-0.25, -0.2) is 0 Å². The molecule has 140 valence electrons. The van der Waals surface area contributed by atoms with Crippen molar-refractivity contribution in [3.63, 3.8) is 0 Å². The number of thiophene rings is 1. The molecule has 1 fully saturated rings. The van der Waals surface area contributed by atoms with Gasteiger partial charge in [-0.15, -0.1) is 11.3 Å². The summed E-state index contributed by atoms with van der Waals surface area (Å²) in [5.41, 5.74) is 0.280. The molecule has 3 heterocycles. The molecule has 2 aromatic heterocycles. The fourth-order valence-corrected chi connectivity index (χ4v) is 4.16. The largest absolute Gasteiger partial charge is 0.480 e. The molecule has 1 amide bonds. The zero-order chi connectivity index (χ0) is 18.7. The van der Waals surface area contributed by atoms with Crippen molar-refractivity contribution in [2.75, 3.05) is 26.7 Å². The number of aromatic nitrogens is 1. The summed E-state index contributed by atoms with van der Waals surface area (Å²) in [5, 5.41) is 12.8. The summed E-state index contributed by atoms with van der Waals surface area (Å²) in [7, 11) is 1.81. The Morgan fingerprint density at radius 1 is 1.42 bits per heavy atom. The van der Waals surface area contributed by atoms with Crippen molar-refractivity contribution in [1.29, 1.82) is 0 Å². The highest BCUT2D eigenvalue weighted by atomic mass is 35.5. The molecule has 1 N–H and O–H groups in total. The minimum absolute atomic E-state index is 0.00856. The number of hydrogen-bond acceptors (Lipinski definition) is 6. The summed E-state index contributed by atoms with van der Waals surface area (Å²) >= 11 is 7.30. The number of carbonyl (C=O) groups excluding carboxylic acids is 1. The lowest BCUT2D eigenvalue weighted by Crippen LogP contribution is -2.37. The van der Waals surface area contributed by atoms with Crippen LogP contribution in [-0.2, 0) is 4.79 Å². The Balaban J connectivity index is 1.63. The molecule has 0 saturated carbocycles. The molecule has 9 heteroatoms. The second kappa shape index (κ2) is 8.20. The summed E-state index contributed by atoms with van der Waals surface area (Å²) in [6, 6.07) is 5.40. The van der Waals surface area contributed by atoms with Gasteiger partial charge in [0.2, 0.25) is 0 Å². The first-order valence-corrected chi connectivity index (χ1v) is 9.57. The fourth-order valence-electron chi connectivity index (χ4n) is 3.17. The van der Waals surface area contributed by atoms with Crippen LogP contribution in [0.4, 0.5) is 0 Å². The monoisotopic (exact) mass is 397 g/mol. The first-order chi connectivity index (χ1) is 12.4. The van der Waals surface area contributed by atoms with Crippen molar-refractivity contribution in [2.24, 2.45) is 0 Å². The number of aliphatic carboxylic acids is 1. The number of carbonyl (C=O) groups is 2. The van der Waals surface area contributed by atoms with E-state index in [1.807, 2.05) is 18.0 Å². The van der Waals surface area contributed by atoms with Gasteiger partial charge in [-0.05, 0) is 38.4 Å². The Labute approximate surface area is 160 Å². The van der Waals surface area contributed by atoms with E-state index in [-0.39, 0.29) is 24.2 Å². The highest BCUT2D eigenvalue weighted by Crippen LogP contribution is 2.31. The molecule has 26 heavy (non-hydrogen) atoms. The van der Waals surface area contributed by atoms with Gasteiger partial charge in [-0.2, -0.15) is 0 Å². The van der Waals surface area contributed by atoms with Crippen molar-refractivity contribution < 1.29 is 19.2 Å². The van der Waals surface area contributed by atoms with Crippen molar-refractivity contribution in [2.45, 2.75) is 25.3 Å². The van der Waals surface area contributed by atoms with Gasteiger partial charge in [0.05, 0.1) is 15.8 Å². The Morgan fingerprint density at radius 2 is 2.23 bits per heavy atom. The molecule has 0 spiro atoms. The van der Waals surface area contributed by atoms with Crippen LogP contribution in [0.1, 0.15) is 29.8 Å². The lowest BCUT2D eigenvalue weighted by Gasteiger charge is -2.25. The van der Waals surface area contributed by atoms with Crippen LogP contribution >= 0.6 is 22.9 Å². The van der Waals surface area contributed by atoms with Crippen molar-refractivity contribution in [3.8, 4) is 10.6 Å². The Kier molecular flexibility index (Phi) is 5.95. The fraction of sp³-hybridized carbons (Fsp3) is 0.471. The van der Waals surface area contributed by atoms with Crippen LogP contribution in [-0.4, -0.2) is 64.7 Å². The average molecular weight is 398 g/mol. The van der Waals surface area contributed by atoms with Gasteiger partial charge in [0, 0.05) is 25.2 Å². The number of carboxylic acid groups (broad SMARTS) is 1. The normalized spacial score (nSPS) is 18.1. The van der Waals surface area contributed by atoms with E-state index in [2.05, 4.69) is 5.16 Å². The molecule has 1 unspecified atom stereocenters. The minimum Gasteiger partial charge on any atom is -0.480 e. The highest BCUT2D eigenvalue weighted by Gasteiger charge is 2.26. The highest BCUT2D eigenvalue weighted by molar-refractivity contribution is 7.19. The summed E-state index contributed by atoms with van der Waals surface area (Å²) in [6.45, 7) is 1.21. The number of likely N-dealkylation sites (tertiary alicyclic amines) is 1. The van der Waals surface area contributed by atoms with Gasteiger partial charge in [0.1, 0.15) is 0 Å². The zero-order valence-electron chi connectivity index (χ0n) is 14.4. The van der Waals surface area contributed by atoms with Gasteiger partial charge in [-0.1, -0.05) is 16.8 Å². The third-order valence-electron chi connectivity index (χ3n) is 4.54. The van der Waals surface area contributed by atoms with Gasteiger partial charge in [0.15, 0.2) is 11.5 Å². The molecule has 1 atom stereocenters. The van der Waals surface area contributed by atoms with E-state index in [1.54, 1.807) is 17.0 Å². The maximum atomic E-state index is 12.7.